The molecule has 0 bridgehead atoms. The Bertz CT molecular complexity index is 677. The molecule has 3 aromatic rings. The third kappa shape index (κ3) is 2.66. The molecule has 0 aliphatic carbocycles. The summed E-state index contributed by atoms with van der Waals surface area (Å²) in [6.07, 6.45) is 7.09. The van der Waals surface area contributed by atoms with Crippen molar-refractivity contribution in [3.05, 3.63) is 60.9 Å². The lowest BCUT2D eigenvalue weighted by atomic mass is 10.2. The van der Waals surface area contributed by atoms with Gasteiger partial charge in [0.1, 0.15) is 18.2 Å². The van der Waals surface area contributed by atoms with Gasteiger partial charge in [-0.25, -0.2) is 4.98 Å². The van der Waals surface area contributed by atoms with Crippen LogP contribution in [0.15, 0.2) is 55.1 Å². The third-order valence-electron chi connectivity index (χ3n) is 2.95. The van der Waals surface area contributed by atoms with Gasteiger partial charge in [-0.1, -0.05) is 6.07 Å². The van der Waals surface area contributed by atoms with Gasteiger partial charge in [-0.3, -0.25) is 9.97 Å². The van der Waals surface area contributed by atoms with E-state index >= 15 is 0 Å². The Hall–Kier alpha value is -2.69. The quantitative estimate of drug-likeness (QED) is 0.728. The zero-order valence-electron chi connectivity index (χ0n) is 11.1. The molecule has 0 N–H and O–H groups in total. The van der Waals surface area contributed by atoms with Gasteiger partial charge in [-0.05, 0) is 24.3 Å². The lowest BCUT2D eigenvalue weighted by Gasteiger charge is -2.06. The highest BCUT2D eigenvalue weighted by atomic mass is 16.5. The number of hydrogen-bond donors (Lipinski definition) is 0. The Morgan fingerprint density at radius 3 is 2.55 bits per heavy atom. The van der Waals surface area contributed by atoms with Gasteiger partial charge in [0.2, 0.25) is 0 Å². The van der Waals surface area contributed by atoms with E-state index in [0.29, 0.717) is 12.4 Å². The molecule has 0 atom stereocenters. The number of imidazole rings is 1. The molecule has 0 aromatic carbocycles. The second-order valence-corrected chi connectivity index (χ2v) is 4.34. The Kier molecular flexibility index (Phi) is 3.41. The molecule has 5 nitrogen and oxygen atoms in total. The van der Waals surface area contributed by atoms with E-state index in [1.165, 1.54) is 0 Å². The van der Waals surface area contributed by atoms with Crippen molar-refractivity contribution >= 4 is 0 Å². The number of rotatable bonds is 4. The molecule has 0 spiro atoms. The Balaban J connectivity index is 1.69. The molecular formula is C15H14N4O. The van der Waals surface area contributed by atoms with E-state index in [0.717, 1.165) is 17.2 Å². The fourth-order valence-electron chi connectivity index (χ4n) is 1.81. The maximum atomic E-state index is 5.66. The molecule has 3 rings (SSSR count). The molecule has 0 unspecified atom stereocenters. The second kappa shape index (κ2) is 5.52. The van der Waals surface area contributed by atoms with Gasteiger partial charge in [0.05, 0.1) is 17.6 Å². The molecule has 0 aliphatic heterocycles. The summed E-state index contributed by atoms with van der Waals surface area (Å²) in [6, 6.07) is 9.54. The van der Waals surface area contributed by atoms with Crippen LogP contribution in [0.2, 0.25) is 0 Å². The molecule has 3 aromatic heterocycles. The molecule has 0 fully saturated rings. The first-order valence-corrected chi connectivity index (χ1v) is 6.29. The van der Waals surface area contributed by atoms with Crippen LogP contribution >= 0.6 is 0 Å². The Morgan fingerprint density at radius 2 is 1.90 bits per heavy atom. The molecule has 0 radical (unpaired) electrons. The van der Waals surface area contributed by atoms with E-state index in [9.17, 15) is 0 Å². The van der Waals surface area contributed by atoms with E-state index < -0.39 is 0 Å². The molecule has 5 heteroatoms. The molecule has 0 aliphatic rings. The Labute approximate surface area is 116 Å². The van der Waals surface area contributed by atoms with Crippen molar-refractivity contribution in [2.24, 2.45) is 7.05 Å². The summed E-state index contributed by atoms with van der Waals surface area (Å²) in [5.41, 5.74) is 1.68. The molecule has 0 saturated carbocycles. The lowest BCUT2D eigenvalue weighted by Crippen LogP contribution is -2.03. The van der Waals surface area contributed by atoms with Crippen molar-refractivity contribution in [3.63, 3.8) is 0 Å². The predicted molar refractivity (Wildman–Crippen MR) is 75.0 cm³/mol. The average Bonchev–Trinajstić information content (AvgIpc) is 2.92. The first kappa shape index (κ1) is 12.3. The van der Waals surface area contributed by atoms with Crippen LogP contribution in [0.5, 0.6) is 5.75 Å². The second-order valence-electron chi connectivity index (χ2n) is 4.34. The van der Waals surface area contributed by atoms with Crippen molar-refractivity contribution < 1.29 is 4.74 Å². The van der Waals surface area contributed by atoms with E-state index in [2.05, 4.69) is 15.0 Å². The fraction of sp³-hybridized carbons (Fsp3) is 0.133. The average molecular weight is 266 g/mol. The van der Waals surface area contributed by atoms with Crippen LogP contribution in [0, 0.1) is 0 Å². The van der Waals surface area contributed by atoms with Gasteiger partial charge in [0.25, 0.3) is 0 Å². The van der Waals surface area contributed by atoms with E-state index in [4.69, 9.17) is 4.74 Å². The molecular weight excluding hydrogens is 252 g/mol. The highest BCUT2D eigenvalue weighted by Crippen LogP contribution is 2.17. The zero-order valence-corrected chi connectivity index (χ0v) is 11.1. The van der Waals surface area contributed by atoms with Crippen LogP contribution in [0.4, 0.5) is 0 Å². The fourth-order valence-corrected chi connectivity index (χ4v) is 1.81. The van der Waals surface area contributed by atoms with Crippen molar-refractivity contribution in [1.29, 1.82) is 0 Å². The van der Waals surface area contributed by atoms with E-state index in [1.807, 2.05) is 48.1 Å². The van der Waals surface area contributed by atoms with Gasteiger partial charge in [0, 0.05) is 25.6 Å². The van der Waals surface area contributed by atoms with Gasteiger partial charge in [-0.2, -0.15) is 0 Å². The van der Waals surface area contributed by atoms with Crippen LogP contribution in [0.3, 0.4) is 0 Å². The van der Waals surface area contributed by atoms with Crippen LogP contribution < -0.4 is 4.74 Å². The maximum absolute atomic E-state index is 5.66. The number of nitrogens with zero attached hydrogens (tertiary/aromatic N) is 4. The van der Waals surface area contributed by atoms with E-state index in [1.54, 1.807) is 18.6 Å². The minimum Gasteiger partial charge on any atom is -0.484 e. The molecule has 0 amide bonds. The van der Waals surface area contributed by atoms with Gasteiger partial charge in [-0.15, -0.1) is 0 Å². The summed E-state index contributed by atoms with van der Waals surface area (Å²) in [6.45, 7) is 0.425. The summed E-state index contributed by atoms with van der Waals surface area (Å²) >= 11 is 0. The largest absolute Gasteiger partial charge is 0.484 e. The summed E-state index contributed by atoms with van der Waals surface area (Å²) in [5, 5.41) is 0. The first-order chi connectivity index (χ1) is 9.83. The summed E-state index contributed by atoms with van der Waals surface area (Å²) in [5.74, 6) is 1.59. The predicted octanol–water partition coefficient (Wildman–Crippen LogP) is 2.46. The lowest BCUT2D eigenvalue weighted by molar-refractivity contribution is 0.290. The SMILES string of the molecule is Cn1ccnc1COc1ccc(-c2ccccn2)nc1. The van der Waals surface area contributed by atoms with Crippen LogP contribution in [0.1, 0.15) is 5.82 Å². The van der Waals surface area contributed by atoms with Crippen LogP contribution in [0.25, 0.3) is 11.4 Å². The minimum absolute atomic E-state index is 0.425. The number of ether oxygens (including phenoxy) is 1. The van der Waals surface area contributed by atoms with Gasteiger partial charge >= 0.3 is 0 Å². The molecule has 0 saturated heterocycles. The highest BCUT2D eigenvalue weighted by Gasteiger charge is 2.03. The minimum atomic E-state index is 0.425. The number of hydrogen-bond acceptors (Lipinski definition) is 4. The maximum Gasteiger partial charge on any atom is 0.146 e. The smallest absolute Gasteiger partial charge is 0.146 e. The summed E-state index contributed by atoms with van der Waals surface area (Å²) in [4.78, 5) is 12.8. The third-order valence-corrected chi connectivity index (χ3v) is 2.95. The van der Waals surface area contributed by atoms with Crippen molar-refractivity contribution in [1.82, 2.24) is 19.5 Å². The van der Waals surface area contributed by atoms with E-state index in [-0.39, 0.29) is 0 Å². The standard InChI is InChI=1S/C15H14N4O/c1-19-9-8-17-15(19)11-20-12-5-6-14(18-10-12)13-4-2-3-7-16-13/h2-10H,11H2,1H3. The number of aromatic nitrogens is 4. The van der Waals surface area contributed by atoms with Crippen molar-refractivity contribution in [2.45, 2.75) is 6.61 Å². The molecule has 20 heavy (non-hydrogen) atoms. The van der Waals surface area contributed by atoms with Crippen molar-refractivity contribution in [3.8, 4) is 17.1 Å². The van der Waals surface area contributed by atoms with Crippen LogP contribution in [-0.2, 0) is 13.7 Å². The van der Waals surface area contributed by atoms with Crippen LogP contribution in [-0.4, -0.2) is 19.5 Å². The summed E-state index contributed by atoms with van der Waals surface area (Å²) in [7, 11) is 1.94. The van der Waals surface area contributed by atoms with Crippen molar-refractivity contribution in [2.75, 3.05) is 0 Å². The normalized spacial score (nSPS) is 10.4. The first-order valence-electron chi connectivity index (χ1n) is 6.29. The Morgan fingerprint density at radius 1 is 1.00 bits per heavy atom. The topological polar surface area (TPSA) is 52.8 Å². The molecule has 3 heterocycles. The monoisotopic (exact) mass is 266 g/mol. The highest BCUT2D eigenvalue weighted by molar-refractivity contribution is 5.53. The number of aryl methyl sites for hydroxylation is 1. The van der Waals surface area contributed by atoms with Gasteiger partial charge in [0.15, 0.2) is 0 Å². The zero-order chi connectivity index (χ0) is 13.8. The van der Waals surface area contributed by atoms with Gasteiger partial charge < -0.3 is 9.30 Å². The molecule has 100 valence electrons. The number of pyridine rings is 2. The summed E-state index contributed by atoms with van der Waals surface area (Å²) < 4.78 is 7.58.